The molecule has 2 nitrogen and oxygen atoms in total. The predicted octanol–water partition coefficient (Wildman–Crippen LogP) is 5.44. The fourth-order valence-corrected chi connectivity index (χ4v) is 2.69. The third-order valence-corrected chi connectivity index (χ3v) is 4.38. The Balaban J connectivity index is 2.35. The van der Waals surface area contributed by atoms with E-state index < -0.39 is 0 Å². The zero-order valence-electron chi connectivity index (χ0n) is 10.5. The average Bonchev–Trinajstić information content (AvgIpc) is 2.37. The smallest absolute Gasteiger partial charge is 0.104 e. The van der Waals surface area contributed by atoms with Gasteiger partial charge in [0, 0.05) is 15.1 Å². The van der Waals surface area contributed by atoms with Crippen LogP contribution in [0.25, 0.3) is 0 Å². The molecule has 0 bridgehead atoms. The second-order valence-corrected chi connectivity index (χ2v) is 6.37. The molecule has 0 saturated heterocycles. The van der Waals surface area contributed by atoms with E-state index >= 15 is 0 Å². The molecular weight excluding hydrogens is 379 g/mol. The Morgan fingerprint density at radius 1 is 1.15 bits per heavy atom. The number of hydrogen-bond acceptors (Lipinski definition) is 2. The van der Waals surface area contributed by atoms with Crippen molar-refractivity contribution in [2.24, 2.45) is 5.73 Å². The number of aryl methyl sites for hydroxylation is 1. The van der Waals surface area contributed by atoms with Crippen molar-refractivity contribution in [3.8, 4) is 0 Å². The molecule has 0 aliphatic carbocycles. The van der Waals surface area contributed by atoms with Crippen LogP contribution in [0.1, 0.15) is 11.1 Å². The fourth-order valence-electron chi connectivity index (χ4n) is 1.66. The van der Waals surface area contributed by atoms with E-state index in [9.17, 15) is 0 Å². The molecule has 20 heavy (non-hydrogen) atoms. The first kappa shape index (κ1) is 15.6. The molecule has 0 heterocycles. The summed E-state index contributed by atoms with van der Waals surface area (Å²) in [6, 6.07) is 9.20. The standard InChI is InChI=1S/C14H11BrCl2N2S/c1-7-4-11(17)13(6-10(7)16)19-12-3-2-8(14(18)20)5-9(12)15/h2-6,19H,1H3,(H2,18,20). The van der Waals surface area contributed by atoms with Crippen LogP contribution < -0.4 is 11.1 Å². The molecule has 2 aromatic rings. The van der Waals surface area contributed by atoms with Crippen LogP contribution in [-0.2, 0) is 0 Å². The van der Waals surface area contributed by atoms with Gasteiger partial charge in [0.1, 0.15) is 4.99 Å². The van der Waals surface area contributed by atoms with Crippen LogP contribution >= 0.6 is 51.3 Å². The SMILES string of the molecule is Cc1cc(Cl)c(Nc2ccc(C(N)=S)cc2Br)cc1Cl. The number of thiocarbonyl (C=S) groups is 1. The van der Waals surface area contributed by atoms with Crippen LogP contribution in [0.3, 0.4) is 0 Å². The Kier molecular flexibility index (Phi) is 4.91. The van der Waals surface area contributed by atoms with Crippen LogP contribution in [0.2, 0.25) is 10.0 Å². The summed E-state index contributed by atoms with van der Waals surface area (Å²) in [7, 11) is 0. The Bertz CT molecular complexity index is 689. The number of benzene rings is 2. The molecule has 0 radical (unpaired) electrons. The maximum absolute atomic E-state index is 6.21. The van der Waals surface area contributed by atoms with Gasteiger partial charge >= 0.3 is 0 Å². The summed E-state index contributed by atoms with van der Waals surface area (Å²) in [5.41, 5.74) is 8.92. The van der Waals surface area contributed by atoms with E-state index in [-0.39, 0.29) is 0 Å². The van der Waals surface area contributed by atoms with Crippen LogP contribution in [0, 0.1) is 6.92 Å². The number of hydrogen-bond donors (Lipinski definition) is 2. The van der Waals surface area contributed by atoms with E-state index in [0.717, 1.165) is 27.0 Å². The first-order valence-corrected chi connectivity index (χ1v) is 7.66. The predicted molar refractivity (Wildman–Crippen MR) is 94.5 cm³/mol. The number of nitrogens with two attached hydrogens (primary N) is 1. The van der Waals surface area contributed by atoms with E-state index in [1.807, 2.05) is 31.2 Å². The lowest BCUT2D eigenvalue weighted by molar-refractivity contribution is 1.44. The van der Waals surface area contributed by atoms with Gasteiger partial charge in [0.05, 0.1) is 16.4 Å². The first-order valence-electron chi connectivity index (χ1n) is 5.70. The zero-order valence-corrected chi connectivity index (χ0v) is 14.4. The molecule has 0 spiro atoms. The van der Waals surface area contributed by atoms with Crippen molar-refractivity contribution in [2.75, 3.05) is 5.32 Å². The molecular formula is C14H11BrCl2N2S. The molecule has 0 saturated carbocycles. The lowest BCUT2D eigenvalue weighted by atomic mass is 10.2. The molecule has 0 atom stereocenters. The molecule has 3 N–H and O–H groups in total. The lowest BCUT2D eigenvalue weighted by Gasteiger charge is -2.12. The van der Waals surface area contributed by atoms with Gasteiger partial charge in [-0.15, -0.1) is 0 Å². The van der Waals surface area contributed by atoms with Gasteiger partial charge in [0.25, 0.3) is 0 Å². The summed E-state index contributed by atoms with van der Waals surface area (Å²) < 4.78 is 0.843. The Hall–Kier alpha value is -0.810. The number of halogens is 3. The second-order valence-electron chi connectivity index (χ2n) is 4.27. The Morgan fingerprint density at radius 2 is 1.85 bits per heavy atom. The van der Waals surface area contributed by atoms with Gasteiger partial charge in [-0.25, -0.2) is 0 Å². The van der Waals surface area contributed by atoms with Crippen LogP contribution in [0.15, 0.2) is 34.8 Å². The molecule has 0 aromatic heterocycles. The van der Waals surface area contributed by atoms with Crippen molar-refractivity contribution in [3.05, 3.63) is 56.0 Å². The van der Waals surface area contributed by atoms with Gasteiger partial charge in [-0.05, 0) is 58.7 Å². The van der Waals surface area contributed by atoms with Gasteiger partial charge in [-0.2, -0.15) is 0 Å². The third kappa shape index (κ3) is 3.44. The van der Waals surface area contributed by atoms with Crippen molar-refractivity contribution in [3.63, 3.8) is 0 Å². The molecule has 0 aliphatic rings. The molecule has 0 unspecified atom stereocenters. The summed E-state index contributed by atoms with van der Waals surface area (Å²) in [5.74, 6) is 0. The van der Waals surface area contributed by atoms with Crippen molar-refractivity contribution >= 4 is 67.7 Å². The Labute approximate surface area is 141 Å². The molecule has 0 aliphatic heterocycles. The number of nitrogens with one attached hydrogen (secondary N) is 1. The molecule has 6 heteroatoms. The average molecular weight is 390 g/mol. The highest BCUT2D eigenvalue weighted by molar-refractivity contribution is 9.10. The monoisotopic (exact) mass is 388 g/mol. The third-order valence-electron chi connectivity index (χ3n) is 2.77. The fraction of sp³-hybridized carbons (Fsp3) is 0.0714. The van der Waals surface area contributed by atoms with Crippen molar-refractivity contribution in [2.45, 2.75) is 6.92 Å². The van der Waals surface area contributed by atoms with E-state index in [4.69, 9.17) is 41.2 Å². The summed E-state index contributed by atoms with van der Waals surface area (Å²) >= 11 is 20.7. The van der Waals surface area contributed by atoms with Crippen molar-refractivity contribution < 1.29 is 0 Å². The number of anilines is 2. The van der Waals surface area contributed by atoms with Gasteiger partial charge in [0.2, 0.25) is 0 Å². The number of rotatable bonds is 3. The van der Waals surface area contributed by atoms with Crippen molar-refractivity contribution in [1.29, 1.82) is 0 Å². The van der Waals surface area contributed by atoms with Crippen LogP contribution in [0.4, 0.5) is 11.4 Å². The highest BCUT2D eigenvalue weighted by atomic mass is 79.9. The molecule has 2 aromatic carbocycles. The van der Waals surface area contributed by atoms with Crippen LogP contribution in [-0.4, -0.2) is 4.99 Å². The minimum absolute atomic E-state index is 0.355. The van der Waals surface area contributed by atoms with E-state index in [1.54, 1.807) is 6.07 Å². The van der Waals surface area contributed by atoms with Gasteiger partial charge in [-0.3, -0.25) is 0 Å². The summed E-state index contributed by atoms with van der Waals surface area (Å²) in [6.45, 7) is 1.91. The summed E-state index contributed by atoms with van der Waals surface area (Å²) in [6.07, 6.45) is 0. The molecule has 0 fully saturated rings. The highest BCUT2D eigenvalue weighted by Gasteiger charge is 2.08. The summed E-state index contributed by atoms with van der Waals surface area (Å²) in [5, 5.41) is 4.50. The first-order chi connectivity index (χ1) is 9.38. The normalized spacial score (nSPS) is 10.4. The van der Waals surface area contributed by atoms with E-state index in [1.165, 1.54) is 0 Å². The highest BCUT2D eigenvalue weighted by Crippen LogP contribution is 2.33. The van der Waals surface area contributed by atoms with Crippen molar-refractivity contribution in [1.82, 2.24) is 0 Å². The maximum atomic E-state index is 6.21. The van der Waals surface area contributed by atoms with E-state index in [2.05, 4.69) is 21.2 Å². The zero-order chi connectivity index (χ0) is 14.9. The minimum atomic E-state index is 0.355. The maximum Gasteiger partial charge on any atom is 0.104 e. The molecule has 104 valence electrons. The molecule has 2 rings (SSSR count). The molecule has 0 amide bonds. The minimum Gasteiger partial charge on any atom is -0.389 e. The topological polar surface area (TPSA) is 38.0 Å². The van der Waals surface area contributed by atoms with Gasteiger partial charge in [0.15, 0.2) is 0 Å². The van der Waals surface area contributed by atoms with E-state index in [0.29, 0.717) is 15.0 Å². The largest absolute Gasteiger partial charge is 0.389 e. The lowest BCUT2D eigenvalue weighted by Crippen LogP contribution is -2.09. The second kappa shape index (κ2) is 6.31. The van der Waals surface area contributed by atoms with Gasteiger partial charge in [-0.1, -0.05) is 35.4 Å². The Morgan fingerprint density at radius 3 is 2.45 bits per heavy atom. The summed E-state index contributed by atoms with van der Waals surface area (Å²) in [4.78, 5) is 0.355. The van der Waals surface area contributed by atoms with Gasteiger partial charge < -0.3 is 11.1 Å². The quantitative estimate of drug-likeness (QED) is 0.686. The van der Waals surface area contributed by atoms with Crippen LogP contribution in [0.5, 0.6) is 0 Å².